The molecule has 0 aromatic carbocycles. The van der Waals surface area contributed by atoms with Crippen molar-refractivity contribution in [1.82, 2.24) is 14.8 Å². The van der Waals surface area contributed by atoms with Crippen LogP contribution in [0.5, 0.6) is 0 Å². The summed E-state index contributed by atoms with van der Waals surface area (Å²) in [6.07, 6.45) is 14.1. The number of aromatic nitrogens is 1. The third-order valence-corrected chi connectivity index (χ3v) is 8.84. The van der Waals surface area contributed by atoms with Gasteiger partial charge in [0.2, 0.25) is 0 Å². The molecule has 7 nitrogen and oxygen atoms in total. The van der Waals surface area contributed by atoms with E-state index in [9.17, 15) is 9.90 Å². The van der Waals surface area contributed by atoms with E-state index in [-0.39, 0.29) is 29.7 Å². The molecule has 1 aromatic rings. The highest BCUT2D eigenvalue weighted by Crippen LogP contribution is 2.51. The third kappa shape index (κ3) is 4.73. The van der Waals surface area contributed by atoms with E-state index in [2.05, 4.69) is 46.4 Å². The number of ether oxygens (including phenoxy) is 1. The van der Waals surface area contributed by atoms with Gasteiger partial charge in [-0.05, 0) is 44.4 Å². The van der Waals surface area contributed by atoms with Gasteiger partial charge in [-0.25, -0.2) is 9.78 Å². The maximum Gasteiger partial charge on any atom is 0.324 e. The molecular formula is C24H33ClN4O3S. The van der Waals surface area contributed by atoms with Crippen molar-refractivity contribution in [3.05, 3.63) is 34.8 Å². The van der Waals surface area contributed by atoms with Crippen LogP contribution in [0.1, 0.15) is 39.5 Å². The van der Waals surface area contributed by atoms with E-state index in [0.717, 1.165) is 38.8 Å². The third-order valence-electron chi connectivity index (χ3n) is 7.81. The SMILES string of the molecule is CC1C=CCC(OC2C=CC3C(C2)C2(CCN(C(C)O)C2)CN3C(=O)Nc2ncc(Cl)s2)C1. The maximum absolute atomic E-state index is 13.3. The van der Waals surface area contributed by atoms with Crippen molar-refractivity contribution in [2.24, 2.45) is 17.3 Å². The van der Waals surface area contributed by atoms with Crippen LogP contribution in [0.3, 0.4) is 0 Å². The van der Waals surface area contributed by atoms with Gasteiger partial charge in [0.25, 0.3) is 0 Å². The number of aliphatic hydroxyl groups excluding tert-OH is 1. The smallest absolute Gasteiger partial charge is 0.324 e. The molecule has 9 heteroatoms. The Balaban J connectivity index is 1.35. The van der Waals surface area contributed by atoms with Gasteiger partial charge < -0.3 is 14.7 Å². The molecule has 0 saturated carbocycles. The number of nitrogens with one attached hydrogen (secondary N) is 1. The zero-order valence-electron chi connectivity index (χ0n) is 19.2. The number of thiazole rings is 1. The summed E-state index contributed by atoms with van der Waals surface area (Å²) in [6.45, 7) is 6.37. The molecule has 4 aliphatic rings. The Morgan fingerprint density at radius 2 is 2.21 bits per heavy atom. The molecule has 2 fully saturated rings. The molecule has 2 N–H and O–H groups in total. The molecule has 0 radical (unpaired) electrons. The van der Waals surface area contributed by atoms with Gasteiger partial charge in [0.15, 0.2) is 5.13 Å². The average Bonchev–Trinajstić information content (AvgIpc) is 3.47. The van der Waals surface area contributed by atoms with Crippen LogP contribution in [0.15, 0.2) is 30.5 Å². The van der Waals surface area contributed by atoms with Crippen molar-refractivity contribution in [3.63, 3.8) is 0 Å². The lowest BCUT2D eigenvalue weighted by atomic mass is 9.70. The Labute approximate surface area is 204 Å². The highest BCUT2D eigenvalue weighted by Gasteiger charge is 2.57. The largest absolute Gasteiger partial charge is 0.379 e. The van der Waals surface area contributed by atoms with Gasteiger partial charge in [-0.2, -0.15) is 0 Å². The molecule has 33 heavy (non-hydrogen) atoms. The van der Waals surface area contributed by atoms with E-state index in [1.54, 1.807) is 6.20 Å². The first kappa shape index (κ1) is 23.3. The zero-order chi connectivity index (χ0) is 23.2. The average molecular weight is 493 g/mol. The summed E-state index contributed by atoms with van der Waals surface area (Å²) in [5, 5.41) is 13.7. The number of allylic oxidation sites excluding steroid dienone is 1. The standard InChI is InChI=1S/C24H33ClN4O3S/c1-15-4-3-5-17(10-15)32-18-6-7-20-19(11-18)24(8-9-28(13-24)16(2)30)14-29(20)23(31)27-22-26-12-21(25)33-22/h3-4,6-7,12,15-20,30H,5,8-11,13-14H2,1-2H3,(H,26,27,31). The van der Waals surface area contributed by atoms with Gasteiger partial charge in [0, 0.05) is 25.0 Å². The Hall–Kier alpha value is -1.45. The summed E-state index contributed by atoms with van der Waals surface area (Å²) in [5.41, 5.74) is -0.0500. The zero-order valence-corrected chi connectivity index (χ0v) is 20.8. The number of anilines is 1. The minimum atomic E-state index is -0.482. The van der Waals surface area contributed by atoms with Crippen LogP contribution in [0.25, 0.3) is 0 Å². The Morgan fingerprint density at radius 1 is 1.36 bits per heavy atom. The quantitative estimate of drug-likeness (QED) is 0.610. The number of fused-ring (bicyclic) bond motifs is 2. The van der Waals surface area contributed by atoms with E-state index in [0.29, 0.717) is 27.8 Å². The van der Waals surface area contributed by atoms with Crippen molar-refractivity contribution >= 4 is 34.1 Å². The second-order valence-corrected chi connectivity index (χ2v) is 11.8. The van der Waals surface area contributed by atoms with Gasteiger partial charge >= 0.3 is 6.03 Å². The maximum atomic E-state index is 13.3. The van der Waals surface area contributed by atoms with Crippen molar-refractivity contribution in [2.45, 2.75) is 64.0 Å². The summed E-state index contributed by atoms with van der Waals surface area (Å²) < 4.78 is 7.09. The number of likely N-dealkylation sites (tertiary alicyclic amines) is 2. The highest BCUT2D eigenvalue weighted by molar-refractivity contribution is 7.19. The molecule has 5 rings (SSSR count). The van der Waals surface area contributed by atoms with Crippen molar-refractivity contribution < 1.29 is 14.6 Å². The van der Waals surface area contributed by atoms with Crippen LogP contribution in [-0.4, -0.2) is 70.0 Å². The Kier molecular flexibility index (Phi) is 6.57. The summed E-state index contributed by atoms with van der Waals surface area (Å²) in [7, 11) is 0. The minimum Gasteiger partial charge on any atom is -0.379 e. The van der Waals surface area contributed by atoms with E-state index in [1.165, 1.54) is 11.3 Å². The number of rotatable bonds is 4. The molecule has 0 bridgehead atoms. The highest BCUT2D eigenvalue weighted by atomic mass is 35.5. The molecule has 2 aliphatic heterocycles. The second-order valence-electron chi connectivity index (χ2n) is 10.1. The number of amides is 2. The molecule has 7 unspecified atom stereocenters. The first-order valence-corrected chi connectivity index (χ1v) is 13.1. The molecule has 3 heterocycles. The fourth-order valence-electron chi connectivity index (χ4n) is 6.21. The fraction of sp³-hybridized carbons (Fsp3) is 0.667. The lowest BCUT2D eigenvalue weighted by molar-refractivity contribution is -0.0231. The number of aliphatic hydroxyl groups is 1. The van der Waals surface area contributed by atoms with Crippen molar-refractivity contribution in [2.75, 3.05) is 25.0 Å². The van der Waals surface area contributed by atoms with E-state index in [1.807, 2.05) is 11.8 Å². The number of carbonyl (C=O) groups excluding carboxylic acids is 1. The predicted octanol–water partition coefficient (Wildman–Crippen LogP) is 4.36. The molecule has 2 saturated heterocycles. The van der Waals surface area contributed by atoms with E-state index in [4.69, 9.17) is 16.3 Å². The van der Waals surface area contributed by atoms with Gasteiger partial charge in [-0.1, -0.05) is 54.2 Å². The predicted molar refractivity (Wildman–Crippen MR) is 130 cm³/mol. The Morgan fingerprint density at radius 3 is 2.91 bits per heavy atom. The van der Waals surface area contributed by atoms with Crippen LogP contribution in [0.2, 0.25) is 4.34 Å². The van der Waals surface area contributed by atoms with Gasteiger partial charge in [-0.3, -0.25) is 10.2 Å². The number of carbonyl (C=O) groups is 1. The Bertz CT molecular complexity index is 937. The summed E-state index contributed by atoms with van der Waals surface area (Å²) in [5.74, 6) is 0.841. The van der Waals surface area contributed by atoms with Crippen LogP contribution < -0.4 is 5.32 Å². The summed E-state index contributed by atoms with van der Waals surface area (Å²) in [4.78, 5) is 21.5. The van der Waals surface area contributed by atoms with Gasteiger partial charge in [0.05, 0.1) is 24.4 Å². The molecule has 1 spiro atoms. The molecule has 2 aliphatic carbocycles. The lowest BCUT2D eigenvalue weighted by Crippen LogP contribution is -2.42. The van der Waals surface area contributed by atoms with Crippen molar-refractivity contribution in [3.8, 4) is 0 Å². The topological polar surface area (TPSA) is 77.9 Å². The molecular weight excluding hydrogens is 460 g/mol. The lowest BCUT2D eigenvalue weighted by Gasteiger charge is -2.38. The molecule has 7 atom stereocenters. The van der Waals surface area contributed by atoms with Crippen LogP contribution in [0, 0.1) is 17.3 Å². The normalized spacial score (nSPS) is 37.0. The first-order valence-electron chi connectivity index (χ1n) is 11.9. The van der Waals surface area contributed by atoms with Crippen LogP contribution in [-0.2, 0) is 4.74 Å². The molecule has 1 aromatic heterocycles. The monoisotopic (exact) mass is 492 g/mol. The summed E-state index contributed by atoms with van der Waals surface area (Å²) >= 11 is 7.26. The van der Waals surface area contributed by atoms with Crippen LogP contribution >= 0.6 is 22.9 Å². The van der Waals surface area contributed by atoms with E-state index < -0.39 is 6.23 Å². The number of halogens is 1. The van der Waals surface area contributed by atoms with Crippen LogP contribution in [0.4, 0.5) is 9.93 Å². The summed E-state index contributed by atoms with van der Waals surface area (Å²) in [6, 6.07) is -0.127. The van der Waals surface area contributed by atoms with Gasteiger partial charge in [0.1, 0.15) is 10.6 Å². The number of urea groups is 1. The molecule has 180 valence electrons. The number of hydrogen-bond donors (Lipinski definition) is 2. The minimum absolute atomic E-state index is 0.0133. The van der Waals surface area contributed by atoms with Gasteiger partial charge in [-0.15, -0.1) is 0 Å². The van der Waals surface area contributed by atoms with E-state index >= 15 is 0 Å². The number of hydrogen-bond acceptors (Lipinski definition) is 6. The number of nitrogens with zero attached hydrogens (tertiary/aromatic N) is 3. The second kappa shape index (κ2) is 9.30. The first-order chi connectivity index (χ1) is 15.8. The van der Waals surface area contributed by atoms with Crippen molar-refractivity contribution in [1.29, 1.82) is 0 Å². The fourth-order valence-corrected chi connectivity index (χ4v) is 7.01. The molecule has 2 amide bonds.